The van der Waals surface area contributed by atoms with Crippen LogP contribution in [0.3, 0.4) is 0 Å². The number of carbonyl (C=O) groups excluding carboxylic acids is 1. The Morgan fingerprint density at radius 2 is 1.64 bits per heavy atom. The summed E-state index contributed by atoms with van der Waals surface area (Å²) in [6, 6.07) is 20.0. The molecule has 142 valence electrons. The van der Waals surface area contributed by atoms with Crippen molar-refractivity contribution >= 4 is 33.0 Å². The molecule has 1 N–H and O–H groups in total. The van der Waals surface area contributed by atoms with Crippen LogP contribution in [0.25, 0.3) is 11.1 Å². The topological polar surface area (TPSA) is 63.2 Å². The molecule has 4 nitrogen and oxygen atoms in total. The SMILES string of the molecule is O=C(CCS(=O)(=O)c1ccc(Cl)cc1)Nc1ccc2c(c1)Cc1ccccc1-2. The van der Waals surface area contributed by atoms with Gasteiger partial charge in [-0.15, -0.1) is 0 Å². The monoisotopic (exact) mass is 411 g/mol. The minimum Gasteiger partial charge on any atom is -0.326 e. The van der Waals surface area contributed by atoms with Gasteiger partial charge in [0.1, 0.15) is 0 Å². The zero-order valence-electron chi connectivity index (χ0n) is 15.0. The molecule has 0 saturated carbocycles. The van der Waals surface area contributed by atoms with E-state index in [-0.39, 0.29) is 23.0 Å². The van der Waals surface area contributed by atoms with E-state index < -0.39 is 9.84 Å². The van der Waals surface area contributed by atoms with Crippen molar-refractivity contribution in [3.63, 3.8) is 0 Å². The van der Waals surface area contributed by atoms with Crippen LogP contribution in [-0.2, 0) is 21.1 Å². The van der Waals surface area contributed by atoms with Crippen molar-refractivity contribution in [1.82, 2.24) is 0 Å². The number of amides is 1. The summed E-state index contributed by atoms with van der Waals surface area (Å²) < 4.78 is 24.7. The van der Waals surface area contributed by atoms with Crippen LogP contribution in [0.15, 0.2) is 71.6 Å². The molecule has 1 aliphatic rings. The minimum absolute atomic E-state index is 0.109. The van der Waals surface area contributed by atoms with Gasteiger partial charge in [0.25, 0.3) is 0 Å². The number of hydrogen-bond donors (Lipinski definition) is 1. The standard InChI is InChI=1S/C22H18ClNO3S/c23-17-5-8-19(9-6-17)28(26,27)12-11-22(25)24-18-7-10-21-16(14-18)13-15-3-1-2-4-20(15)21/h1-10,14H,11-13H2,(H,24,25). The molecule has 0 aliphatic heterocycles. The summed E-state index contributed by atoms with van der Waals surface area (Å²) in [5.74, 6) is -0.579. The molecule has 28 heavy (non-hydrogen) atoms. The quantitative estimate of drug-likeness (QED) is 0.517. The third kappa shape index (κ3) is 3.81. The van der Waals surface area contributed by atoms with E-state index in [2.05, 4.69) is 17.4 Å². The number of nitrogens with one attached hydrogen (secondary N) is 1. The summed E-state index contributed by atoms with van der Waals surface area (Å²) in [5.41, 5.74) is 5.52. The van der Waals surface area contributed by atoms with Crippen molar-refractivity contribution in [3.8, 4) is 11.1 Å². The first-order valence-corrected chi connectivity index (χ1v) is 10.9. The highest BCUT2D eigenvalue weighted by atomic mass is 35.5. The summed E-state index contributed by atoms with van der Waals surface area (Å²) >= 11 is 5.79. The van der Waals surface area contributed by atoms with Gasteiger partial charge in [-0.05, 0) is 65.1 Å². The molecule has 0 saturated heterocycles. The Labute approximate surface area is 169 Å². The van der Waals surface area contributed by atoms with Crippen molar-refractivity contribution in [1.29, 1.82) is 0 Å². The van der Waals surface area contributed by atoms with Crippen LogP contribution in [-0.4, -0.2) is 20.1 Å². The van der Waals surface area contributed by atoms with E-state index in [1.54, 1.807) is 0 Å². The first-order chi connectivity index (χ1) is 13.4. The van der Waals surface area contributed by atoms with Gasteiger partial charge in [0, 0.05) is 17.1 Å². The van der Waals surface area contributed by atoms with Gasteiger partial charge in [-0.25, -0.2) is 8.42 Å². The molecule has 4 rings (SSSR count). The Bertz CT molecular complexity index is 1150. The maximum Gasteiger partial charge on any atom is 0.225 e. The van der Waals surface area contributed by atoms with E-state index in [4.69, 9.17) is 11.6 Å². The zero-order chi connectivity index (χ0) is 19.7. The van der Waals surface area contributed by atoms with Crippen LogP contribution >= 0.6 is 11.6 Å². The Hall–Kier alpha value is -2.63. The first kappa shape index (κ1) is 18.7. The molecule has 0 radical (unpaired) electrons. The molecule has 0 atom stereocenters. The van der Waals surface area contributed by atoms with Crippen LogP contribution < -0.4 is 5.32 Å². The molecule has 1 amide bonds. The van der Waals surface area contributed by atoms with Gasteiger partial charge in [-0.1, -0.05) is 41.9 Å². The molecule has 6 heteroatoms. The first-order valence-electron chi connectivity index (χ1n) is 8.92. The van der Waals surface area contributed by atoms with Crippen LogP contribution in [0.4, 0.5) is 5.69 Å². The van der Waals surface area contributed by atoms with E-state index in [1.807, 2.05) is 30.3 Å². The average Bonchev–Trinajstić information content (AvgIpc) is 3.04. The molecule has 0 unspecified atom stereocenters. The number of rotatable bonds is 5. The molecule has 3 aromatic carbocycles. The van der Waals surface area contributed by atoms with E-state index in [1.165, 1.54) is 41.0 Å². The lowest BCUT2D eigenvalue weighted by Crippen LogP contribution is -2.17. The van der Waals surface area contributed by atoms with Gasteiger partial charge in [0.15, 0.2) is 9.84 Å². The van der Waals surface area contributed by atoms with Gasteiger partial charge in [0.05, 0.1) is 10.6 Å². The Morgan fingerprint density at radius 1 is 0.929 bits per heavy atom. The maximum atomic E-state index is 12.4. The predicted molar refractivity (Wildman–Crippen MR) is 111 cm³/mol. The fourth-order valence-corrected chi connectivity index (χ4v) is 4.80. The lowest BCUT2D eigenvalue weighted by Gasteiger charge is -2.08. The lowest BCUT2D eigenvalue weighted by molar-refractivity contribution is -0.115. The number of benzene rings is 3. The maximum absolute atomic E-state index is 12.4. The Kier molecular flexibility index (Phi) is 4.96. The second-order valence-corrected chi connectivity index (χ2v) is 9.32. The van der Waals surface area contributed by atoms with E-state index >= 15 is 0 Å². The number of fused-ring (bicyclic) bond motifs is 3. The molecule has 0 spiro atoms. The average molecular weight is 412 g/mol. The number of sulfone groups is 1. The van der Waals surface area contributed by atoms with Crippen molar-refractivity contribution in [3.05, 3.63) is 82.9 Å². The van der Waals surface area contributed by atoms with E-state index in [0.29, 0.717) is 10.7 Å². The third-order valence-corrected chi connectivity index (χ3v) is 6.83. The van der Waals surface area contributed by atoms with Crippen molar-refractivity contribution in [2.45, 2.75) is 17.7 Å². The smallest absolute Gasteiger partial charge is 0.225 e. The molecular formula is C22H18ClNO3S. The number of halogens is 1. The number of anilines is 1. The highest BCUT2D eigenvalue weighted by molar-refractivity contribution is 7.91. The summed E-state index contributed by atoms with van der Waals surface area (Å²) in [6.07, 6.45) is 0.725. The van der Waals surface area contributed by atoms with Crippen molar-refractivity contribution < 1.29 is 13.2 Å². The van der Waals surface area contributed by atoms with Crippen LogP contribution in [0.2, 0.25) is 5.02 Å². The largest absolute Gasteiger partial charge is 0.326 e. The highest BCUT2D eigenvalue weighted by Crippen LogP contribution is 2.37. The molecule has 0 aromatic heterocycles. The molecular weight excluding hydrogens is 394 g/mol. The molecule has 0 bridgehead atoms. The number of carbonyl (C=O) groups is 1. The van der Waals surface area contributed by atoms with Crippen LogP contribution in [0, 0.1) is 0 Å². The fraction of sp³-hybridized carbons (Fsp3) is 0.136. The fourth-order valence-electron chi connectivity index (χ4n) is 3.43. The third-order valence-electron chi connectivity index (χ3n) is 4.85. The molecule has 0 heterocycles. The number of hydrogen-bond acceptors (Lipinski definition) is 3. The zero-order valence-corrected chi connectivity index (χ0v) is 16.6. The Morgan fingerprint density at radius 3 is 2.43 bits per heavy atom. The van der Waals surface area contributed by atoms with Crippen LogP contribution in [0.5, 0.6) is 0 Å². The van der Waals surface area contributed by atoms with Crippen molar-refractivity contribution in [2.24, 2.45) is 0 Å². The second kappa shape index (κ2) is 7.41. The van der Waals surface area contributed by atoms with Gasteiger partial charge in [-0.2, -0.15) is 0 Å². The summed E-state index contributed by atoms with van der Waals surface area (Å²) in [7, 11) is -3.53. The van der Waals surface area contributed by atoms with Gasteiger partial charge < -0.3 is 5.32 Å². The predicted octanol–water partition coefficient (Wildman–Crippen LogP) is 4.71. The van der Waals surface area contributed by atoms with Gasteiger partial charge in [0.2, 0.25) is 5.91 Å². The minimum atomic E-state index is -3.53. The van der Waals surface area contributed by atoms with E-state index in [0.717, 1.165) is 12.0 Å². The Balaban J connectivity index is 1.41. The van der Waals surface area contributed by atoms with Crippen LogP contribution in [0.1, 0.15) is 17.5 Å². The highest BCUT2D eigenvalue weighted by Gasteiger charge is 2.19. The summed E-state index contributed by atoms with van der Waals surface area (Å²) in [5, 5.41) is 3.28. The lowest BCUT2D eigenvalue weighted by atomic mass is 10.1. The van der Waals surface area contributed by atoms with Gasteiger partial charge in [-0.3, -0.25) is 4.79 Å². The summed E-state index contributed by atoms with van der Waals surface area (Å²) in [6.45, 7) is 0. The van der Waals surface area contributed by atoms with E-state index in [9.17, 15) is 13.2 Å². The van der Waals surface area contributed by atoms with Gasteiger partial charge >= 0.3 is 0 Å². The molecule has 1 aliphatic carbocycles. The second-order valence-electron chi connectivity index (χ2n) is 6.78. The molecule has 3 aromatic rings. The normalized spacial score (nSPS) is 12.3. The molecule has 0 fully saturated rings. The summed E-state index contributed by atoms with van der Waals surface area (Å²) in [4.78, 5) is 12.4. The van der Waals surface area contributed by atoms with Crippen molar-refractivity contribution in [2.75, 3.05) is 11.1 Å².